The van der Waals surface area contributed by atoms with E-state index in [1.807, 2.05) is 6.07 Å². The van der Waals surface area contributed by atoms with E-state index in [1.54, 1.807) is 23.7 Å². The Balaban J connectivity index is 1.84. The third kappa shape index (κ3) is 5.20. The van der Waals surface area contributed by atoms with Crippen LogP contribution in [0.25, 0.3) is 0 Å². The van der Waals surface area contributed by atoms with Gasteiger partial charge in [-0.15, -0.1) is 0 Å². The van der Waals surface area contributed by atoms with Gasteiger partial charge in [0.15, 0.2) is 0 Å². The summed E-state index contributed by atoms with van der Waals surface area (Å²) in [6.45, 7) is 7.05. The highest BCUT2D eigenvalue weighted by molar-refractivity contribution is 7.99. The maximum atomic E-state index is 13.1. The molecule has 1 aromatic carbocycles. The molecular weight excluding hydrogens is 429 g/mol. The third-order valence-corrected chi connectivity index (χ3v) is 7.16. The number of unbranched alkanes of at least 4 members (excludes halogenated alkanes) is 1. The molecule has 0 aliphatic carbocycles. The molecule has 158 valence electrons. The predicted octanol–water partition coefficient (Wildman–Crippen LogP) is 4.13. The van der Waals surface area contributed by atoms with Crippen LogP contribution in [0.15, 0.2) is 32.8 Å². The second kappa shape index (κ2) is 10.1. The maximum Gasteiger partial charge on any atom is 0.270 e. The number of nitrogens with two attached hydrogens (primary N) is 1. The molecular formula is C20H27Cl2N5OS. The van der Waals surface area contributed by atoms with Gasteiger partial charge in [-0.3, -0.25) is 9.36 Å². The minimum atomic E-state index is -0.180. The molecule has 0 spiro atoms. The van der Waals surface area contributed by atoms with Crippen molar-refractivity contribution >= 4 is 46.7 Å². The van der Waals surface area contributed by atoms with Crippen LogP contribution in [0, 0.1) is 0 Å². The first kappa shape index (κ1) is 22.3. The number of hydrogen-bond acceptors (Lipinski definition) is 6. The molecule has 2 N–H and O–H groups in total. The topological polar surface area (TPSA) is 67.4 Å². The Labute approximate surface area is 186 Å². The molecule has 0 saturated carbocycles. The molecule has 2 heterocycles. The van der Waals surface area contributed by atoms with E-state index in [0.717, 1.165) is 39.1 Å². The molecule has 1 fully saturated rings. The predicted molar refractivity (Wildman–Crippen MR) is 123 cm³/mol. The van der Waals surface area contributed by atoms with Crippen molar-refractivity contribution in [3.63, 3.8) is 0 Å². The van der Waals surface area contributed by atoms with E-state index in [2.05, 4.69) is 21.7 Å². The molecule has 9 heteroatoms. The van der Waals surface area contributed by atoms with Crippen molar-refractivity contribution in [1.29, 1.82) is 0 Å². The smallest absolute Gasteiger partial charge is 0.270 e. The lowest BCUT2D eigenvalue weighted by atomic mass is 10.3. The maximum absolute atomic E-state index is 13.1. The zero-order chi connectivity index (χ0) is 21.0. The summed E-state index contributed by atoms with van der Waals surface area (Å²) in [5.41, 5.74) is 6.03. The SMILES string of the molecule is CCCCN1CCCN(c2nc(N)c(Sc3cccc(Cl)c3Cl)c(=O)n2C)CC1. The summed E-state index contributed by atoms with van der Waals surface area (Å²) in [6, 6.07) is 5.31. The van der Waals surface area contributed by atoms with E-state index in [1.165, 1.54) is 24.6 Å². The van der Waals surface area contributed by atoms with Crippen LogP contribution in [0.4, 0.5) is 11.8 Å². The summed E-state index contributed by atoms with van der Waals surface area (Å²) >= 11 is 13.6. The van der Waals surface area contributed by atoms with E-state index in [-0.39, 0.29) is 11.4 Å². The lowest BCUT2D eigenvalue weighted by Gasteiger charge is -2.25. The number of hydrogen-bond donors (Lipinski definition) is 1. The van der Waals surface area contributed by atoms with Crippen LogP contribution in [0.3, 0.4) is 0 Å². The Morgan fingerprint density at radius 1 is 1.21 bits per heavy atom. The van der Waals surface area contributed by atoms with Gasteiger partial charge in [0.2, 0.25) is 5.95 Å². The number of halogens is 2. The fraction of sp³-hybridized carbons (Fsp3) is 0.500. The first-order valence-electron chi connectivity index (χ1n) is 9.88. The lowest BCUT2D eigenvalue weighted by molar-refractivity contribution is 0.288. The van der Waals surface area contributed by atoms with Gasteiger partial charge in [0, 0.05) is 31.6 Å². The zero-order valence-electron chi connectivity index (χ0n) is 16.8. The Morgan fingerprint density at radius 3 is 2.76 bits per heavy atom. The van der Waals surface area contributed by atoms with Crippen LogP contribution in [0.5, 0.6) is 0 Å². The molecule has 3 rings (SSSR count). The summed E-state index contributed by atoms with van der Waals surface area (Å²) in [5.74, 6) is 0.836. The molecule has 1 aliphatic heterocycles. The standard InChI is InChI=1S/C20H27Cl2N5OS/c1-3-4-9-26-10-6-11-27(13-12-26)20-24-18(23)17(19(28)25(20)2)29-15-8-5-7-14(21)16(15)22/h5,7-8H,3-4,6,9-13,23H2,1-2H3. The molecule has 6 nitrogen and oxygen atoms in total. The molecule has 0 bridgehead atoms. The van der Waals surface area contributed by atoms with Gasteiger partial charge in [-0.05, 0) is 38.1 Å². The van der Waals surface area contributed by atoms with Crippen LogP contribution in [-0.2, 0) is 7.05 Å². The largest absolute Gasteiger partial charge is 0.382 e. The minimum Gasteiger partial charge on any atom is -0.382 e. The number of anilines is 2. The van der Waals surface area contributed by atoms with E-state index >= 15 is 0 Å². The Hall–Kier alpha value is -1.41. The normalized spacial score (nSPS) is 15.5. The molecule has 1 aromatic heterocycles. The van der Waals surface area contributed by atoms with Gasteiger partial charge in [-0.2, -0.15) is 4.98 Å². The molecule has 0 atom stereocenters. The van der Waals surface area contributed by atoms with Gasteiger partial charge in [0.05, 0.1) is 10.0 Å². The number of nitrogens with zero attached hydrogens (tertiary/aromatic N) is 4. The fourth-order valence-corrected chi connectivity index (χ4v) is 4.83. The summed E-state index contributed by atoms with van der Waals surface area (Å²) in [6.07, 6.45) is 3.44. The average molecular weight is 456 g/mol. The van der Waals surface area contributed by atoms with Gasteiger partial charge in [-0.25, -0.2) is 0 Å². The van der Waals surface area contributed by atoms with Crippen molar-refractivity contribution in [2.24, 2.45) is 7.05 Å². The molecule has 2 aromatic rings. The first-order chi connectivity index (χ1) is 13.9. The summed E-state index contributed by atoms with van der Waals surface area (Å²) in [4.78, 5) is 23.3. The van der Waals surface area contributed by atoms with E-state index < -0.39 is 0 Å². The van der Waals surface area contributed by atoms with Crippen LogP contribution >= 0.6 is 35.0 Å². The first-order valence-corrected chi connectivity index (χ1v) is 11.4. The van der Waals surface area contributed by atoms with Gasteiger partial charge in [0.25, 0.3) is 5.56 Å². The van der Waals surface area contributed by atoms with Crippen LogP contribution in [-0.4, -0.2) is 47.2 Å². The zero-order valence-corrected chi connectivity index (χ0v) is 19.2. The lowest BCUT2D eigenvalue weighted by Crippen LogP contribution is -2.36. The van der Waals surface area contributed by atoms with Crippen LogP contribution in [0.1, 0.15) is 26.2 Å². The van der Waals surface area contributed by atoms with Gasteiger partial charge in [-0.1, -0.05) is 54.4 Å². The van der Waals surface area contributed by atoms with Gasteiger partial charge < -0.3 is 15.5 Å². The van der Waals surface area contributed by atoms with E-state index in [0.29, 0.717) is 25.8 Å². The highest BCUT2D eigenvalue weighted by Crippen LogP contribution is 2.37. The molecule has 0 radical (unpaired) electrons. The Bertz CT molecular complexity index is 920. The molecule has 1 aliphatic rings. The van der Waals surface area contributed by atoms with Crippen molar-refractivity contribution in [1.82, 2.24) is 14.5 Å². The highest BCUT2D eigenvalue weighted by atomic mass is 35.5. The number of benzene rings is 1. The fourth-order valence-electron chi connectivity index (χ4n) is 3.41. The molecule has 1 saturated heterocycles. The van der Waals surface area contributed by atoms with Crippen LogP contribution < -0.4 is 16.2 Å². The van der Waals surface area contributed by atoms with Crippen molar-refractivity contribution in [2.75, 3.05) is 43.4 Å². The summed E-state index contributed by atoms with van der Waals surface area (Å²) in [7, 11) is 1.74. The summed E-state index contributed by atoms with van der Waals surface area (Å²) < 4.78 is 1.58. The van der Waals surface area contributed by atoms with Gasteiger partial charge >= 0.3 is 0 Å². The summed E-state index contributed by atoms with van der Waals surface area (Å²) in [5, 5.41) is 0.846. The highest BCUT2D eigenvalue weighted by Gasteiger charge is 2.22. The Kier molecular flexibility index (Phi) is 7.73. The third-order valence-electron chi connectivity index (χ3n) is 5.08. The Morgan fingerprint density at radius 2 is 2.00 bits per heavy atom. The van der Waals surface area contributed by atoms with Gasteiger partial charge in [0.1, 0.15) is 10.7 Å². The molecule has 0 amide bonds. The van der Waals surface area contributed by atoms with Crippen molar-refractivity contribution in [3.05, 3.63) is 38.6 Å². The van der Waals surface area contributed by atoms with Crippen molar-refractivity contribution < 1.29 is 0 Å². The monoisotopic (exact) mass is 455 g/mol. The second-order valence-corrected chi connectivity index (χ2v) is 9.02. The number of aromatic nitrogens is 2. The van der Waals surface area contributed by atoms with Crippen molar-refractivity contribution in [3.8, 4) is 0 Å². The quantitative estimate of drug-likeness (QED) is 0.705. The molecule has 0 unspecified atom stereocenters. The minimum absolute atomic E-state index is 0.180. The average Bonchev–Trinajstić information content (AvgIpc) is 2.95. The second-order valence-electron chi connectivity index (χ2n) is 7.18. The van der Waals surface area contributed by atoms with Crippen molar-refractivity contribution in [2.45, 2.75) is 36.0 Å². The van der Waals surface area contributed by atoms with E-state index in [9.17, 15) is 4.79 Å². The number of nitrogen functional groups attached to an aromatic ring is 1. The molecule has 29 heavy (non-hydrogen) atoms. The van der Waals surface area contributed by atoms with Crippen LogP contribution in [0.2, 0.25) is 10.0 Å². The van der Waals surface area contributed by atoms with E-state index in [4.69, 9.17) is 28.9 Å². The number of rotatable bonds is 6.